The van der Waals surface area contributed by atoms with Crippen LogP contribution in [-0.2, 0) is 61.6 Å². The Bertz CT molecular complexity index is 941. The molecule has 1 rings (SSSR count). The maximum atomic E-state index is 11.5. The Morgan fingerprint density at radius 2 is 0.704 bits per heavy atom. The summed E-state index contributed by atoms with van der Waals surface area (Å²) < 4.78 is 76.4. The fraction of sp³-hybridized carbons (Fsp3) is 0.811. The third-order valence-electron chi connectivity index (χ3n) is 6.38. The molecule has 1 aromatic rings. The molecule has 0 spiro atoms. The lowest BCUT2D eigenvalue weighted by molar-refractivity contribution is -0.0285. The number of benzene rings is 1. The van der Waals surface area contributed by atoms with Crippen LogP contribution >= 0.6 is 0 Å². The summed E-state index contributed by atoms with van der Waals surface area (Å²) in [5, 5.41) is 2.63. The van der Waals surface area contributed by atoms with Gasteiger partial charge in [0.2, 0.25) is 0 Å². The maximum Gasteiger partial charge on any atom is 0.407 e. The number of hydrogen-bond acceptors (Lipinski definition) is 16. The zero-order chi connectivity index (χ0) is 39.1. The average molecular weight is 781 g/mol. The van der Waals surface area contributed by atoms with Crippen LogP contribution in [-0.4, -0.2) is 183 Å². The fourth-order valence-electron chi connectivity index (χ4n) is 3.84. The Balaban J connectivity index is 1.63. The second kappa shape index (κ2) is 37.5. The molecule has 17 heteroatoms. The number of hydrogen-bond donors (Lipinski definition) is 2. The van der Waals surface area contributed by atoms with E-state index in [1.165, 1.54) is 0 Å². The summed E-state index contributed by atoms with van der Waals surface area (Å²) in [7, 11) is 0. The predicted molar refractivity (Wildman–Crippen MR) is 200 cm³/mol. The first-order chi connectivity index (χ1) is 26.4. The highest BCUT2D eigenvalue weighted by molar-refractivity contribution is 5.67. The molecule has 3 N–H and O–H groups in total. The molecule has 1 amide bonds. The molecule has 0 radical (unpaired) electrons. The summed E-state index contributed by atoms with van der Waals surface area (Å²) in [6.07, 6.45) is -0.455. The minimum Gasteiger partial charge on any atom is -0.491 e. The molecule has 0 aliphatic carbocycles. The quantitative estimate of drug-likeness (QED) is 0.0730. The van der Waals surface area contributed by atoms with Crippen LogP contribution in [0.3, 0.4) is 0 Å². The molecule has 0 saturated heterocycles. The number of nitrogen functional groups attached to an aromatic ring is 1. The topological polar surface area (TPSA) is 184 Å². The normalized spacial score (nSPS) is 11.6. The van der Waals surface area contributed by atoms with Gasteiger partial charge in [0.1, 0.15) is 18.0 Å². The largest absolute Gasteiger partial charge is 0.491 e. The molecule has 54 heavy (non-hydrogen) atoms. The number of rotatable bonds is 40. The Morgan fingerprint density at radius 1 is 0.444 bits per heavy atom. The molecule has 316 valence electrons. The van der Waals surface area contributed by atoms with Crippen molar-refractivity contribution >= 4 is 11.8 Å². The number of carbonyl (C=O) groups excluding carboxylic acids is 1. The molecule has 1 aromatic carbocycles. The van der Waals surface area contributed by atoms with E-state index in [2.05, 4.69) is 5.32 Å². The number of anilines is 1. The van der Waals surface area contributed by atoms with Crippen LogP contribution in [0.25, 0.3) is 0 Å². The molecule has 0 unspecified atom stereocenters. The lowest BCUT2D eigenvalue weighted by Crippen LogP contribution is -2.34. The van der Waals surface area contributed by atoms with E-state index in [0.717, 1.165) is 5.75 Å². The smallest absolute Gasteiger partial charge is 0.407 e. The first kappa shape index (κ1) is 49.6. The van der Waals surface area contributed by atoms with Crippen molar-refractivity contribution in [2.45, 2.75) is 26.4 Å². The van der Waals surface area contributed by atoms with Gasteiger partial charge in [0.25, 0.3) is 0 Å². The minimum absolute atomic E-state index is 0.379. The highest BCUT2D eigenvalue weighted by Gasteiger charge is 2.15. The number of carbonyl (C=O) groups is 1. The van der Waals surface area contributed by atoms with E-state index >= 15 is 0 Å². The molecule has 0 bridgehead atoms. The van der Waals surface area contributed by atoms with Gasteiger partial charge in [0.15, 0.2) is 0 Å². The van der Waals surface area contributed by atoms with Gasteiger partial charge in [-0.1, -0.05) is 0 Å². The van der Waals surface area contributed by atoms with Gasteiger partial charge in [-0.3, -0.25) is 0 Å². The predicted octanol–water partition coefficient (Wildman–Crippen LogP) is 2.37. The fourth-order valence-corrected chi connectivity index (χ4v) is 3.84. The summed E-state index contributed by atoms with van der Waals surface area (Å²) >= 11 is 0. The Morgan fingerprint density at radius 3 is 0.981 bits per heavy atom. The standard InChI is InChI=1S/C37H68N2O15/c1-37(2,3)54-36(40)39-8-9-41-10-11-42-12-13-43-14-15-44-16-17-45-18-19-46-20-21-47-22-23-48-24-25-49-26-27-50-28-29-51-30-31-52-32-33-53-35-6-4-34(38)5-7-35/h4-7H,8-33,38H2,1-3H3,(H,39,40). The van der Waals surface area contributed by atoms with Crippen LogP contribution in [0.5, 0.6) is 5.75 Å². The van der Waals surface area contributed by atoms with Gasteiger partial charge < -0.3 is 77.4 Å². The molecule has 0 aromatic heterocycles. The van der Waals surface area contributed by atoms with E-state index in [9.17, 15) is 4.79 Å². The molecule has 0 fully saturated rings. The van der Waals surface area contributed by atoms with Gasteiger partial charge in [-0.05, 0) is 45.0 Å². The molecule has 0 aliphatic heterocycles. The van der Waals surface area contributed by atoms with Crippen molar-refractivity contribution in [1.82, 2.24) is 5.32 Å². The highest BCUT2D eigenvalue weighted by atomic mass is 16.6. The molecular weight excluding hydrogens is 712 g/mol. The summed E-state index contributed by atoms with van der Waals surface area (Å²) in [6.45, 7) is 17.9. The second-order valence-corrected chi connectivity index (χ2v) is 12.2. The van der Waals surface area contributed by atoms with Gasteiger partial charge in [-0.15, -0.1) is 0 Å². The van der Waals surface area contributed by atoms with Gasteiger partial charge in [-0.2, -0.15) is 0 Å². The molecule has 0 atom stereocenters. The van der Waals surface area contributed by atoms with Crippen molar-refractivity contribution in [3.8, 4) is 5.75 Å². The van der Waals surface area contributed by atoms with Crippen molar-refractivity contribution < 1.29 is 71.1 Å². The van der Waals surface area contributed by atoms with Crippen molar-refractivity contribution in [3.05, 3.63) is 24.3 Å². The van der Waals surface area contributed by atoms with E-state index in [1.54, 1.807) is 12.1 Å². The molecular formula is C37H68N2O15. The van der Waals surface area contributed by atoms with Gasteiger partial charge >= 0.3 is 6.09 Å². The first-order valence-electron chi connectivity index (χ1n) is 18.7. The van der Waals surface area contributed by atoms with Crippen molar-refractivity contribution in [2.75, 3.05) is 177 Å². The van der Waals surface area contributed by atoms with Crippen molar-refractivity contribution in [3.63, 3.8) is 0 Å². The van der Waals surface area contributed by atoms with Gasteiger partial charge in [0, 0.05) is 12.2 Å². The Hall–Kier alpha value is -2.39. The molecule has 17 nitrogen and oxygen atoms in total. The zero-order valence-corrected chi connectivity index (χ0v) is 32.9. The van der Waals surface area contributed by atoms with E-state index in [-0.39, 0.29) is 0 Å². The lowest BCUT2D eigenvalue weighted by atomic mass is 10.2. The molecule has 0 aliphatic rings. The summed E-state index contributed by atoms with van der Waals surface area (Å²) in [5.41, 5.74) is 5.84. The average Bonchev–Trinajstić information content (AvgIpc) is 3.14. The number of ether oxygens (including phenoxy) is 14. The zero-order valence-electron chi connectivity index (χ0n) is 32.9. The van der Waals surface area contributed by atoms with E-state index in [4.69, 9.17) is 72.0 Å². The summed E-state index contributed by atoms with van der Waals surface area (Å²) in [6, 6.07) is 7.25. The number of nitrogens with two attached hydrogens (primary N) is 1. The summed E-state index contributed by atoms with van der Waals surface area (Å²) in [5.74, 6) is 0.767. The van der Waals surface area contributed by atoms with Crippen LogP contribution in [0.1, 0.15) is 20.8 Å². The number of nitrogens with one attached hydrogen (secondary N) is 1. The van der Waals surface area contributed by atoms with Crippen molar-refractivity contribution in [1.29, 1.82) is 0 Å². The monoisotopic (exact) mass is 780 g/mol. The number of alkyl carbamates (subject to hydrolysis) is 1. The van der Waals surface area contributed by atoms with Crippen LogP contribution in [0, 0.1) is 0 Å². The highest BCUT2D eigenvalue weighted by Crippen LogP contribution is 2.12. The lowest BCUT2D eigenvalue weighted by Gasteiger charge is -2.19. The van der Waals surface area contributed by atoms with E-state index < -0.39 is 11.7 Å². The van der Waals surface area contributed by atoms with E-state index in [0.29, 0.717) is 177 Å². The van der Waals surface area contributed by atoms with Crippen LogP contribution < -0.4 is 15.8 Å². The molecule has 0 saturated carbocycles. The van der Waals surface area contributed by atoms with E-state index in [1.807, 2.05) is 32.9 Å². The maximum absolute atomic E-state index is 11.5. The van der Waals surface area contributed by atoms with Crippen LogP contribution in [0.2, 0.25) is 0 Å². The third-order valence-corrected chi connectivity index (χ3v) is 6.38. The Kier molecular flexibility index (Phi) is 34.5. The third kappa shape index (κ3) is 37.9. The SMILES string of the molecule is CC(C)(C)OC(=O)NCCOCCOCCOCCOCCOCCOCCOCCOCCOCCOCCOCCOCCOc1ccc(N)cc1. The van der Waals surface area contributed by atoms with Crippen molar-refractivity contribution in [2.24, 2.45) is 0 Å². The van der Waals surface area contributed by atoms with Gasteiger partial charge in [0.05, 0.1) is 159 Å². The number of amides is 1. The first-order valence-corrected chi connectivity index (χ1v) is 18.7. The summed E-state index contributed by atoms with van der Waals surface area (Å²) in [4.78, 5) is 11.5. The van der Waals surface area contributed by atoms with Gasteiger partial charge in [-0.25, -0.2) is 4.79 Å². The second-order valence-electron chi connectivity index (χ2n) is 12.2. The van der Waals surface area contributed by atoms with Crippen LogP contribution in [0.4, 0.5) is 10.5 Å². The molecule has 0 heterocycles. The van der Waals surface area contributed by atoms with Crippen LogP contribution in [0.15, 0.2) is 24.3 Å². The Labute approximate surface area is 321 Å². The minimum atomic E-state index is -0.515.